The van der Waals surface area contributed by atoms with Gasteiger partial charge in [-0.25, -0.2) is 9.97 Å². The van der Waals surface area contributed by atoms with E-state index in [4.69, 9.17) is 9.47 Å². The molecule has 2 heterocycles. The third-order valence-electron chi connectivity index (χ3n) is 5.60. The Balaban J connectivity index is 1.54. The average molecular weight is 445 g/mol. The van der Waals surface area contributed by atoms with Crippen LogP contribution in [-0.2, 0) is 6.54 Å². The van der Waals surface area contributed by atoms with Crippen molar-refractivity contribution in [1.29, 1.82) is 0 Å². The van der Waals surface area contributed by atoms with Crippen molar-refractivity contribution in [2.45, 2.75) is 25.0 Å². The first kappa shape index (κ1) is 24.0. The maximum Gasteiger partial charge on any atom is 0.161 e. The van der Waals surface area contributed by atoms with Gasteiger partial charge in [0, 0.05) is 45.8 Å². The van der Waals surface area contributed by atoms with Crippen LogP contribution in [0, 0.1) is 0 Å². The molecule has 9 nitrogen and oxygen atoms in total. The lowest BCUT2D eigenvalue weighted by Gasteiger charge is -2.40. The molecule has 1 aromatic carbocycles. The van der Waals surface area contributed by atoms with Crippen LogP contribution in [0.25, 0.3) is 0 Å². The number of likely N-dealkylation sites (N-methyl/N-ethyl adjacent to an activating group) is 1. The van der Waals surface area contributed by atoms with Crippen LogP contribution >= 0.6 is 0 Å². The number of β-amino-alcohol motifs (C(OH)–C–C–N with tert-alkyl or cyclic N) is 1. The van der Waals surface area contributed by atoms with Gasteiger partial charge in [0.25, 0.3) is 0 Å². The Kier molecular flexibility index (Phi) is 8.49. The fourth-order valence-electron chi connectivity index (χ4n) is 3.83. The Morgan fingerprint density at radius 3 is 2.81 bits per heavy atom. The minimum absolute atomic E-state index is 0.497. The third kappa shape index (κ3) is 6.69. The van der Waals surface area contributed by atoms with Crippen LogP contribution in [0.15, 0.2) is 30.6 Å². The molecule has 0 amide bonds. The van der Waals surface area contributed by atoms with Gasteiger partial charge in [0.2, 0.25) is 0 Å². The number of piperidine rings is 1. The van der Waals surface area contributed by atoms with Crippen molar-refractivity contribution in [3.05, 3.63) is 36.2 Å². The van der Waals surface area contributed by atoms with Gasteiger partial charge in [-0.3, -0.25) is 0 Å². The number of hydrogen-bond donors (Lipinski definition) is 3. The molecule has 9 heteroatoms. The summed E-state index contributed by atoms with van der Waals surface area (Å²) in [5, 5.41) is 17.6. The van der Waals surface area contributed by atoms with Crippen LogP contribution in [0.3, 0.4) is 0 Å². The molecule has 0 aliphatic carbocycles. The number of nitrogens with one attached hydrogen (secondary N) is 2. The highest BCUT2D eigenvalue weighted by Gasteiger charge is 2.33. The van der Waals surface area contributed by atoms with E-state index in [-0.39, 0.29) is 0 Å². The zero-order valence-electron chi connectivity index (χ0n) is 19.6. The van der Waals surface area contributed by atoms with E-state index in [9.17, 15) is 5.11 Å². The molecule has 1 saturated heterocycles. The molecule has 1 fully saturated rings. The highest BCUT2D eigenvalue weighted by Crippen LogP contribution is 2.29. The normalized spacial score (nSPS) is 18.6. The summed E-state index contributed by atoms with van der Waals surface area (Å²) < 4.78 is 11.3. The third-order valence-corrected chi connectivity index (χ3v) is 5.60. The lowest BCUT2D eigenvalue weighted by Crippen LogP contribution is -2.53. The molecular formula is C23H36N6O3. The summed E-state index contributed by atoms with van der Waals surface area (Å²) >= 11 is 0. The number of hydrogen-bond acceptors (Lipinski definition) is 9. The monoisotopic (exact) mass is 444 g/mol. The lowest BCUT2D eigenvalue weighted by atomic mass is 9.92. The van der Waals surface area contributed by atoms with Gasteiger partial charge in [0.05, 0.1) is 12.7 Å². The number of ether oxygens (including phenoxy) is 2. The Hall–Kier alpha value is -2.62. The molecule has 3 N–H and O–H groups in total. The molecule has 1 aliphatic heterocycles. The van der Waals surface area contributed by atoms with E-state index in [2.05, 4.69) is 30.4 Å². The Labute approximate surface area is 190 Å². The van der Waals surface area contributed by atoms with Gasteiger partial charge in [-0.15, -0.1) is 0 Å². The van der Waals surface area contributed by atoms with Crippen molar-refractivity contribution in [3.8, 4) is 11.5 Å². The van der Waals surface area contributed by atoms with Crippen molar-refractivity contribution in [3.63, 3.8) is 0 Å². The van der Waals surface area contributed by atoms with E-state index < -0.39 is 5.60 Å². The summed E-state index contributed by atoms with van der Waals surface area (Å²) in [6, 6.07) is 7.86. The first-order chi connectivity index (χ1) is 15.4. The summed E-state index contributed by atoms with van der Waals surface area (Å²) in [7, 11) is 7.52. The Morgan fingerprint density at radius 2 is 2.06 bits per heavy atom. The molecule has 1 aromatic heterocycles. The number of anilines is 2. The molecule has 0 unspecified atom stereocenters. The smallest absolute Gasteiger partial charge is 0.161 e. The van der Waals surface area contributed by atoms with Gasteiger partial charge in [0.15, 0.2) is 11.5 Å². The van der Waals surface area contributed by atoms with Crippen LogP contribution in [0.5, 0.6) is 11.5 Å². The zero-order chi connectivity index (χ0) is 23.0. The first-order valence-electron chi connectivity index (χ1n) is 11.0. The van der Waals surface area contributed by atoms with Crippen LogP contribution in [0.1, 0.15) is 18.4 Å². The van der Waals surface area contributed by atoms with Crippen LogP contribution < -0.4 is 25.0 Å². The predicted molar refractivity (Wildman–Crippen MR) is 127 cm³/mol. The maximum absolute atomic E-state index is 11.2. The molecule has 0 saturated carbocycles. The van der Waals surface area contributed by atoms with Gasteiger partial charge in [0.1, 0.15) is 24.6 Å². The fourth-order valence-corrected chi connectivity index (χ4v) is 3.83. The summed E-state index contributed by atoms with van der Waals surface area (Å²) in [5.74, 6) is 3.06. The standard InChI is InChI=1S/C23H36N6O3/c1-24-21-13-22(27-17-26-21)29-9-5-8-23(30,16-29)15-25-14-18-6-7-19(20(12-18)31-4)32-11-10-28(2)3/h6-7,12-13,17,25,30H,5,8-11,14-16H2,1-4H3,(H,24,26,27)/t23-/m0/s1. The number of benzene rings is 1. The molecule has 176 valence electrons. The van der Waals surface area contributed by atoms with Crippen LogP contribution in [0.2, 0.25) is 0 Å². The molecule has 0 spiro atoms. The minimum atomic E-state index is -0.817. The van der Waals surface area contributed by atoms with Crippen molar-refractivity contribution < 1.29 is 14.6 Å². The summed E-state index contributed by atoms with van der Waals surface area (Å²) in [6.07, 6.45) is 3.21. The quantitative estimate of drug-likeness (QED) is 0.477. The molecule has 0 radical (unpaired) electrons. The Morgan fingerprint density at radius 1 is 1.22 bits per heavy atom. The second kappa shape index (κ2) is 11.3. The predicted octanol–water partition coefficient (Wildman–Crippen LogP) is 1.59. The van der Waals surface area contributed by atoms with Crippen LogP contribution in [0.4, 0.5) is 11.6 Å². The first-order valence-corrected chi connectivity index (χ1v) is 11.0. The lowest BCUT2D eigenvalue weighted by molar-refractivity contribution is 0.0259. The number of aromatic nitrogens is 2. The van der Waals surface area contributed by atoms with Crippen molar-refractivity contribution in [1.82, 2.24) is 20.2 Å². The Bertz CT molecular complexity index is 865. The van der Waals surface area contributed by atoms with Crippen molar-refractivity contribution in [2.24, 2.45) is 0 Å². The van der Waals surface area contributed by atoms with Crippen LogP contribution in [-0.4, -0.2) is 86.6 Å². The van der Waals surface area contributed by atoms with Crippen molar-refractivity contribution in [2.75, 3.05) is 71.3 Å². The summed E-state index contributed by atoms with van der Waals surface area (Å²) in [4.78, 5) is 12.7. The molecule has 0 bridgehead atoms. The minimum Gasteiger partial charge on any atom is -0.493 e. The molecule has 1 atom stereocenters. The average Bonchev–Trinajstić information content (AvgIpc) is 2.79. The van der Waals surface area contributed by atoms with E-state index in [1.807, 2.05) is 45.4 Å². The van der Waals surface area contributed by atoms with Gasteiger partial charge < -0.3 is 35.0 Å². The zero-order valence-corrected chi connectivity index (χ0v) is 19.6. The summed E-state index contributed by atoms with van der Waals surface area (Å²) in [5.41, 5.74) is 0.259. The van der Waals surface area contributed by atoms with E-state index in [1.165, 1.54) is 0 Å². The second-order valence-electron chi connectivity index (χ2n) is 8.50. The number of methoxy groups -OCH3 is 1. The number of rotatable bonds is 11. The fraction of sp³-hybridized carbons (Fsp3) is 0.565. The number of nitrogens with zero attached hydrogens (tertiary/aromatic N) is 4. The highest BCUT2D eigenvalue weighted by molar-refractivity contribution is 5.48. The van der Waals surface area contributed by atoms with Crippen molar-refractivity contribution >= 4 is 11.6 Å². The summed E-state index contributed by atoms with van der Waals surface area (Å²) in [6.45, 7) is 3.97. The van der Waals surface area contributed by atoms with E-state index in [0.29, 0.717) is 26.2 Å². The second-order valence-corrected chi connectivity index (χ2v) is 8.50. The van der Waals surface area contributed by atoms with E-state index in [0.717, 1.165) is 54.6 Å². The van der Waals surface area contributed by atoms with Gasteiger partial charge in [-0.2, -0.15) is 0 Å². The van der Waals surface area contributed by atoms with E-state index in [1.54, 1.807) is 13.4 Å². The maximum atomic E-state index is 11.2. The van der Waals surface area contributed by atoms with Gasteiger partial charge >= 0.3 is 0 Å². The molecule has 1 aliphatic rings. The molecule has 2 aromatic rings. The SMILES string of the molecule is CNc1cc(N2CCC[C@](O)(CNCc3ccc(OCCN(C)C)c(OC)c3)C2)ncn1. The van der Waals surface area contributed by atoms with Gasteiger partial charge in [-0.1, -0.05) is 6.07 Å². The van der Waals surface area contributed by atoms with Gasteiger partial charge in [-0.05, 0) is 44.6 Å². The molecule has 32 heavy (non-hydrogen) atoms. The highest BCUT2D eigenvalue weighted by atomic mass is 16.5. The largest absolute Gasteiger partial charge is 0.493 e. The molecular weight excluding hydrogens is 408 g/mol. The number of aliphatic hydroxyl groups is 1. The topological polar surface area (TPSA) is 95.0 Å². The molecule has 3 rings (SSSR count). The van der Waals surface area contributed by atoms with E-state index >= 15 is 0 Å².